The van der Waals surface area contributed by atoms with Crippen molar-refractivity contribution in [1.82, 2.24) is 0 Å². The van der Waals surface area contributed by atoms with Crippen molar-refractivity contribution >= 4 is 17.2 Å². The van der Waals surface area contributed by atoms with E-state index < -0.39 is 0 Å². The first kappa shape index (κ1) is 10.6. The Hall–Kier alpha value is -0.930. The molecule has 0 unspecified atom stereocenters. The lowest BCUT2D eigenvalue weighted by atomic mass is 10.1. The molecule has 0 amide bonds. The predicted molar refractivity (Wildman–Crippen MR) is 64.7 cm³/mol. The van der Waals surface area contributed by atoms with Crippen molar-refractivity contribution in [2.24, 2.45) is 11.7 Å². The Labute approximate surface area is 95.4 Å². The van der Waals surface area contributed by atoms with Gasteiger partial charge in [-0.05, 0) is 24.3 Å². The van der Waals surface area contributed by atoms with Gasteiger partial charge in [-0.3, -0.25) is 0 Å². The Morgan fingerprint density at radius 3 is 2.53 bits per heavy atom. The molecule has 0 spiro atoms. The highest BCUT2D eigenvalue weighted by molar-refractivity contribution is 7.80. The fraction of sp³-hybridized carbons (Fsp3) is 0.417. The van der Waals surface area contributed by atoms with Crippen LogP contribution in [0.4, 0.5) is 0 Å². The molecule has 0 aliphatic heterocycles. The van der Waals surface area contributed by atoms with Gasteiger partial charge in [-0.1, -0.05) is 36.5 Å². The van der Waals surface area contributed by atoms with Crippen LogP contribution in [0.5, 0.6) is 0 Å². The van der Waals surface area contributed by atoms with Crippen molar-refractivity contribution in [2.75, 3.05) is 6.61 Å². The molecule has 0 aromatic heterocycles. The molecule has 3 heteroatoms. The number of rotatable bonds is 5. The molecular weight excluding hydrogens is 206 g/mol. The molecule has 0 radical (unpaired) electrons. The van der Waals surface area contributed by atoms with Crippen molar-refractivity contribution < 1.29 is 4.74 Å². The fourth-order valence-corrected chi connectivity index (χ4v) is 1.53. The van der Waals surface area contributed by atoms with E-state index in [-0.39, 0.29) is 0 Å². The molecule has 15 heavy (non-hydrogen) atoms. The monoisotopic (exact) mass is 221 g/mol. The summed E-state index contributed by atoms with van der Waals surface area (Å²) in [5.41, 5.74) is 7.60. The summed E-state index contributed by atoms with van der Waals surface area (Å²) in [4.78, 5) is 0.445. The van der Waals surface area contributed by atoms with Crippen molar-refractivity contribution in [3.05, 3.63) is 35.4 Å². The summed E-state index contributed by atoms with van der Waals surface area (Å²) < 4.78 is 5.58. The second-order valence-electron chi connectivity index (χ2n) is 4.02. The normalized spacial score (nSPS) is 15.2. The summed E-state index contributed by atoms with van der Waals surface area (Å²) in [6, 6.07) is 7.92. The second kappa shape index (κ2) is 4.73. The fourth-order valence-electron chi connectivity index (χ4n) is 1.39. The number of hydrogen-bond donors (Lipinski definition) is 1. The molecule has 1 aliphatic carbocycles. The van der Waals surface area contributed by atoms with Crippen LogP contribution in [0.25, 0.3) is 0 Å². The zero-order chi connectivity index (χ0) is 10.7. The standard InChI is InChI=1S/C12H15NOS/c13-12(15)11-5-3-10(4-6-11)8-14-7-9-1-2-9/h3-6,9H,1-2,7-8H2,(H2,13,15). The van der Waals surface area contributed by atoms with E-state index in [2.05, 4.69) is 0 Å². The van der Waals surface area contributed by atoms with E-state index in [0.717, 1.165) is 18.1 Å². The topological polar surface area (TPSA) is 35.2 Å². The Kier molecular flexibility index (Phi) is 3.34. The molecule has 0 heterocycles. The molecule has 1 aromatic carbocycles. The van der Waals surface area contributed by atoms with E-state index in [9.17, 15) is 0 Å². The second-order valence-corrected chi connectivity index (χ2v) is 4.46. The van der Waals surface area contributed by atoms with E-state index in [0.29, 0.717) is 11.6 Å². The van der Waals surface area contributed by atoms with E-state index in [1.54, 1.807) is 0 Å². The quantitative estimate of drug-likeness (QED) is 0.775. The van der Waals surface area contributed by atoms with Gasteiger partial charge in [-0.15, -0.1) is 0 Å². The maximum Gasteiger partial charge on any atom is 0.103 e. The molecular formula is C12H15NOS. The predicted octanol–water partition coefficient (Wildman–Crippen LogP) is 2.25. The van der Waals surface area contributed by atoms with E-state index in [1.165, 1.54) is 18.4 Å². The lowest BCUT2D eigenvalue weighted by Gasteiger charge is -2.04. The van der Waals surface area contributed by atoms with E-state index in [1.807, 2.05) is 24.3 Å². The molecule has 2 nitrogen and oxygen atoms in total. The van der Waals surface area contributed by atoms with Gasteiger partial charge in [-0.25, -0.2) is 0 Å². The van der Waals surface area contributed by atoms with Crippen LogP contribution in [0.3, 0.4) is 0 Å². The molecule has 1 aromatic rings. The minimum atomic E-state index is 0.445. The van der Waals surface area contributed by atoms with Gasteiger partial charge in [0, 0.05) is 12.2 Å². The molecule has 0 bridgehead atoms. The molecule has 0 atom stereocenters. The largest absolute Gasteiger partial charge is 0.389 e. The minimum absolute atomic E-state index is 0.445. The van der Waals surface area contributed by atoms with E-state index in [4.69, 9.17) is 22.7 Å². The lowest BCUT2D eigenvalue weighted by molar-refractivity contribution is 0.111. The SMILES string of the molecule is NC(=S)c1ccc(COCC2CC2)cc1. The van der Waals surface area contributed by atoms with Crippen molar-refractivity contribution in [1.29, 1.82) is 0 Å². The third-order valence-electron chi connectivity index (χ3n) is 2.56. The average Bonchev–Trinajstić information content (AvgIpc) is 3.02. The summed E-state index contributed by atoms with van der Waals surface area (Å²) in [7, 11) is 0. The molecule has 0 saturated heterocycles. The van der Waals surface area contributed by atoms with Gasteiger partial charge in [-0.2, -0.15) is 0 Å². The number of ether oxygens (including phenoxy) is 1. The van der Waals surface area contributed by atoms with Crippen LogP contribution >= 0.6 is 12.2 Å². The van der Waals surface area contributed by atoms with Crippen LogP contribution in [0, 0.1) is 5.92 Å². The first-order valence-electron chi connectivity index (χ1n) is 5.22. The average molecular weight is 221 g/mol. The van der Waals surface area contributed by atoms with Crippen molar-refractivity contribution in [2.45, 2.75) is 19.4 Å². The van der Waals surface area contributed by atoms with Crippen molar-refractivity contribution in [3.8, 4) is 0 Å². The summed E-state index contributed by atoms with van der Waals surface area (Å²) in [5, 5.41) is 0. The van der Waals surface area contributed by atoms with Gasteiger partial charge < -0.3 is 10.5 Å². The maximum atomic E-state index is 5.58. The van der Waals surface area contributed by atoms with E-state index >= 15 is 0 Å². The first-order chi connectivity index (χ1) is 7.25. The van der Waals surface area contributed by atoms with Gasteiger partial charge in [0.1, 0.15) is 4.99 Å². The molecule has 2 rings (SSSR count). The van der Waals surface area contributed by atoms with Crippen LogP contribution in [0.15, 0.2) is 24.3 Å². The Balaban J connectivity index is 1.83. The first-order valence-corrected chi connectivity index (χ1v) is 5.63. The zero-order valence-electron chi connectivity index (χ0n) is 8.61. The zero-order valence-corrected chi connectivity index (χ0v) is 9.43. The molecule has 2 N–H and O–H groups in total. The summed E-state index contributed by atoms with van der Waals surface area (Å²) >= 11 is 4.88. The van der Waals surface area contributed by atoms with Crippen LogP contribution in [-0.2, 0) is 11.3 Å². The summed E-state index contributed by atoms with van der Waals surface area (Å²) in [6.45, 7) is 1.59. The van der Waals surface area contributed by atoms with Crippen LogP contribution in [0.2, 0.25) is 0 Å². The maximum absolute atomic E-state index is 5.58. The Bertz CT molecular complexity index is 343. The number of benzene rings is 1. The van der Waals surface area contributed by atoms with Gasteiger partial charge in [0.15, 0.2) is 0 Å². The number of hydrogen-bond acceptors (Lipinski definition) is 2. The van der Waals surface area contributed by atoms with Gasteiger partial charge in [0.2, 0.25) is 0 Å². The smallest absolute Gasteiger partial charge is 0.103 e. The summed E-state index contributed by atoms with van der Waals surface area (Å²) in [5.74, 6) is 0.820. The highest BCUT2D eigenvalue weighted by atomic mass is 32.1. The summed E-state index contributed by atoms with van der Waals surface area (Å²) in [6.07, 6.45) is 2.67. The number of nitrogens with two attached hydrogens (primary N) is 1. The van der Waals surface area contributed by atoms with Crippen LogP contribution in [-0.4, -0.2) is 11.6 Å². The Morgan fingerprint density at radius 1 is 1.33 bits per heavy atom. The minimum Gasteiger partial charge on any atom is -0.389 e. The molecule has 1 saturated carbocycles. The lowest BCUT2D eigenvalue weighted by Crippen LogP contribution is -2.09. The van der Waals surface area contributed by atoms with Gasteiger partial charge >= 0.3 is 0 Å². The highest BCUT2D eigenvalue weighted by Gasteiger charge is 2.20. The number of thiocarbonyl (C=S) groups is 1. The van der Waals surface area contributed by atoms with Crippen molar-refractivity contribution in [3.63, 3.8) is 0 Å². The third kappa shape index (κ3) is 3.29. The Morgan fingerprint density at radius 2 is 2.00 bits per heavy atom. The molecule has 80 valence electrons. The molecule has 1 fully saturated rings. The van der Waals surface area contributed by atoms with Crippen LogP contribution in [0.1, 0.15) is 24.0 Å². The van der Waals surface area contributed by atoms with Gasteiger partial charge in [0.25, 0.3) is 0 Å². The van der Waals surface area contributed by atoms with Crippen LogP contribution < -0.4 is 5.73 Å². The van der Waals surface area contributed by atoms with Gasteiger partial charge in [0.05, 0.1) is 6.61 Å². The third-order valence-corrected chi connectivity index (χ3v) is 2.79. The highest BCUT2D eigenvalue weighted by Crippen LogP contribution is 2.29. The molecule has 1 aliphatic rings.